The number of nitrogens with one attached hydrogen (secondary N) is 1. The van der Waals surface area contributed by atoms with Crippen LogP contribution in [0, 0.1) is 0 Å². The average Bonchev–Trinajstić information content (AvgIpc) is 2.49. The van der Waals surface area contributed by atoms with Gasteiger partial charge in [0.1, 0.15) is 11.5 Å². The maximum Gasteiger partial charge on any atom is 0.242 e. The van der Waals surface area contributed by atoms with Crippen molar-refractivity contribution in [2.45, 2.75) is 38.0 Å². The third kappa shape index (κ3) is 4.20. The maximum atomic E-state index is 6.08. The molecule has 0 saturated heterocycles. The number of ether oxygens (including phenoxy) is 1. The Hall–Kier alpha value is -1.56. The first kappa shape index (κ1) is 15.8. The molecule has 0 aromatic carbocycles. The second-order valence-corrected chi connectivity index (χ2v) is 5.92. The fourth-order valence-corrected chi connectivity index (χ4v) is 2.70. The van der Waals surface area contributed by atoms with Gasteiger partial charge in [0.15, 0.2) is 5.82 Å². The summed E-state index contributed by atoms with van der Waals surface area (Å²) in [6.45, 7) is 1.71. The molecule has 1 heterocycles. The Morgan fingerprint density at radius 2 is 1.95 bits per heavy atom. The van der Waals surface area contributed by atoms with Gasteiger partial charge in [-0.25, -0.2) is 4.98 Å². The molecule has 0 spiro atoms. The van der Waals surface area contributed by atoms with E-state index in [1.807, 2.05) is 14.1 Å². The maximum absolute atomic E-state index is 6.08. The van der Waals surface area contributed by atoms with Crippen LogP contribution in [0.1, 0.15) is 43.8 Å². The highest BCUT2D eigenvalue weighted by Gasteiger charge is 2.21. The fourth-order valence-electron chi connectivity index (χ4n) is 2.70. The summed E-state index contributed by atoms with van der Waals surface area (Å²) < 4.78 is 5.32. The summed E-state index contributed by atoms with van der Waals surface area (Å²) in [6.07, 6.45) is 6.14. The number of rotatable bonds is 6. The molecule has 6 heteroatoms. The van der Waals surface area contributed by atoms with Gasteiger partial charge in [-0.15, -0.1) is 0 Å². The number of aromatic nitrogens is 2. The topological polar surface area (TPSA) is 76.3 Å². The largest absolute Gasteiger partial charge is 0.479 e. The molecule has 1 aliphatic rings. The molecule has 6 nitrogen and oxygen atoms in total. The van der Waals surface area contributed by atoms with Crippen molar-refractivity contribution in [3.8, 4) is 5.88 Å². The van der Waals surface area contributed by atoms with Gasteiger partial charge in [-0.2, -0.15) is 4.98 Å². The monoisotopic (exact) mass is 293 g/mol. The normalized spacial score (nSPS) is 16.2. The Balaban J connectivity index is 2.17. The Kier molecular flexibility index (Phi) is 5.61. The average molecular weight is 293 g/mol. The Labute approximate surface area is 127 Å². The van der Waals surface area contributed by atoms with Crippen molar-refractivity contribution in [1.82, 2.24) is 14.9 Å². The standard InChI is InChI=1S/C15H27N5O/c1-20(2)10-9-17-14-12(16)15(21-3)19-13(18-14)11-7-5-4-6-8-11/h11H,4-10,16H2,1-3H3,(H,17,18,19). The second-order valence-electron chi connectivity index (χ2n) is 5.92. The first-order valence-electron chi connectivity index (χ1n) is 7.71. The van der Waals surface area contributed by atoms with Crippen molar-refractivity contribution < 1.29 is 4.74 Å². The van der Waals surface area contributed by atoms with Crippen LogP contribution in [-0.4, -0.2) is 49.2 Å². The number of nitrogens with two attached hydrogens (primary N) is 1. The van der Waals surface area contributed by atoms with Crippen molar-refractivity contribution in [2.24, 2.45) is 0 Å². The number of nitrogens with zero attached hydrogens (tertiary/aromatic N) is 3. The molecule has 0 amide bonds. The minimum Gasteiger partial charge on any atom is -0.479 e. The van der Waals surface area contributed by atoms with Gasteiger partial charge in [-0.05, 0) is 26.9 Å². The molecule has 2 rings (SSSR count). The summed E-state index contributed by atoms with van der Waals surface area (Å²) in [6, 6.07) is 0. The summed E-state index contributed by atoms with van der Waals surface area (Å²) in [7, 11) is 5.69. The lowest BCUT2D eigenvalue weighted by atomic mass is 9.88. The summed E-state index contributed by atoms with van der Waals surface area (Å²) in [4.78, 5) is 11.3. The van der Waals surface area contributed by atoms with Gasteiger partial charge in [0, 0.05) is 19.0 Å². The first-order chi connectivity index (χ1) is 10.1. The minimum absolute atomic E-state index is 0.433. The van der Waals surface area contributed by atoms with Crippen molar-refractivity contribution in [2.75, 3.05) is 45.3 Å². The molecular weight excluding hydrogens is 266 g/mol. The molecule has 1 fully saturated rings. The summed E-state index contributed by atoms with van der Waals surface area (Å²) in [5.41, 5.74) is 6.58. The van der Waals surface area contributed by atoms with E-state index < -0.39 is 0 Å². The van der Waals surface area contributed by atoms with Gasteiger partial charge in [-0.1, -0.05) is 19.3 Å². The van der Waals surface area contributed by atoms with Crippen LogP contribution in [0.3, 0.4) is 0 Å². The van der Waals surface area contributed by atoms with Gasteiger partial charge >= 0.3 is 0 Å². The molecule has 118 valence electrons. The molecule has 1 saturated carbocycles. The number of hydrogen-bond donors (Lipinski definition) is 2. The molecule has 0 atom stereocenters. The van der Waals surface area contributed by atoms with Crippen molar-refractivity contribution in [1.29, 1.82) is 0 Å². The summed E-state index contributed by atoms with van der Waals surface area (Å²) >= 11 is 0. The number of hydrogen-bond acceptors (Lipinski definition) is 6. The van der Waals surface area contributed by atoms with Crippen LogP contribution in [0.4, 0.5) is 11.5 Å². The number of likely N-dealkylation sites (N-methyl/N-ethyl adjacent to an activating group) is 1. The van der Waals surface area contributed by atoms with E-state index in [0.29, 0.717) is 23.3 Å². The SMILES string of the molecule is COc1nc(C2CCCCC2)nc(NCCN(C)C)c1N. The second kappa shape index (κ2) is 7.45. The van der Waals surface area contributed by atoms with E-state index in [1.165, 1.54) is 19.3 Å². The Morgan fingerprint density at radius 3 is 2.57 bits per heavy atom. The van der Waals surface area contributed by atoms with Gasteiger partial charge in [0.25, 0.3) is 0 Å². The van der Waals surface area contributed by atoms with Crippen LogP contribution < -0.4 is 15.8 Å². The molecule has 0 unspecified atom stereocenters. The smallest absolute Gasteiger partial charge is 0.242 e. The van der Waals surface area contributed by atoms with Crippen LogP contribution in [0.15, 0.2) is 0 Å². The molecule has 0 bridgehead atoms. The van der Waals surface area contributed by atoms with E-state index in [1.54, 1.807) is 7.11 Å². The molecule has 1 aliphatic carbocycles. The van der Waals surface area contributed by atoms with E-state index in [9.17, 15) is 0 Å². The highest BCUT2D eigenvalue weighted by molar-refractivity contribution is 5.67. The minimum atomic E-state index is 0.433. The van der Waals surface area contributed by atoms with Crippen LogP contribution in [0.25, 0.3) is 0 Å². The van der Waals surface area contributed by atoms with Crippen LogP contribution in [-0.2, 0) is 0 Å². The lowest BCUT2D eigenvalue weighted by Crippen LogP contribution is -2.22. The van der Waals surface area contributed by atoms with Gasteiger partial charge < -0.3 is 20.7 Å². The molecular formula is C15H27N5O. The zero-order chi connectivity index (χ0) is 15.2. The van der Waals surface area contributed by atoms with E-state index in [0.717, 1.165) is 31.8 Å². The van der Waals surface area contributed by atoms with E-state index >= 15 is 0 Å². The van der Waals surface area contributed by atoms with Crippen LogP contribution in [0.2, 0.25) is 0 Å². The first-order valence-corrected chi connectivity index (χ1v) is 7.71. The third-order valence-electron chi connectivity index (χ3n) is 3.94. The van der Waals surface area contributed by atoms with Crippen LogP contribution >= 0.6 is 0 Å². The van der Waals surface area contributed by atoms with E-state index in [-0.39, 0.29) is 0 Å². The molecule has 1 aromatic heterocycles. The predicted octanol–water partition coefficient (Wildman–Crippen LogP) is 2.09. The fraction of sp³-hybridized carbons (Fsp3) is 0.733. The molecule has 3 N–H and O–H groups in total. The van der Waals surface area contributed by atoms with Gasteiger partial charge in [0.2, 0.25) is 5.88 Å². The Bertz CT molecular complexity index is 458. The predicted molar refractivity (Wildman–Crippen MR) is 85.9 cm³/mol. The van der Waals surface area contributed by atoms with Crippen LogP contribution in [0.5, 0.6) is 5.88 Å². The highest BCUT2D eigenvalue weighted by Crippen LogP contribution is 2.34. The van der Waals surface area contributed by atoms with Gasteiger partial charge in [0.05, 0.1) is 7.11 Å². The summed E-state index contributed by atoms with van der Waals surface area (Å²) in [5.74, 6) is 2.48. The number of methoxy groups -OCH3 is 1. The quantitative estimate of drug-likeness (QED) is 0.836. The molecule has 1 aromatic rings. The zero-order valence-corrected chi connectivity index (χ0v) is 13.4. The highest BCUT2D eigenvalue weighted by atomic mass is 16.5. The van der Waals surface area contributed by atoms with Crippen molar-refractivity contribution >= 4 is 11.5 Å². The molecule has 21 heavy (non-hydrogen) atoms. The zero-order valence-electron chi connectivity index (χ0n) is 13.4. The lowest BCUT2D eigenvalue weighted by molar-refractivity contribution is 0.385. The molecule has 0 aliphatic heterocycles. The van der Waals surface area contributed by atoms with E-state index in [4.69, 9.17) is 10.5 Å². The molecule has 0 radical (unpaired) electrons. The van der Waals surface area contributed by atoms with Crippen molar-refractivity contribution in [3.05, 3.63) is 5.82 Å². The number of anilines is 2. The van der Waals surface area contributed by atoms with Crippen molar-refractivity contribution in [3.63, 3.8) is 0 Å². The summed E-state index contributed by atoms with van der Waals surface area (Å²) in [5, 5.41) is 3.30. The van der Waals surface area contributed by atoms with E-state index in [2.05, 4.69) is 20.2 Å². The van der Waals surface area contributed by atoms with Gasteiger partial charge in [-0.3, -0.25) is 0 Å². The third-order valence-corrected chi connectivity index (χ3v) is 3.94. The lowest BCUT2D eigenvalue weighted by Gasteiger charge is -2.22. The number of nitrogen functional groups attached to an aromatic ring is 1. The Morgan fingerprint density at radius 1 is 1.24 bits per heavy atom.